The molecule has 0 atom stereocenters. The lowest BCUT2D eigenvalue weighted by atomic mass is 9.49. The second-order valence-electron chi connectivity index (χ2n) is 13.7. The van der Waals surface area contributed by atoms with Crippen molar-refractivity contribution >= 4 is 17.6 Å². The number of hydrogen-bond acceptors (Lipinski definition) is 8. The van der Waals surface area contributed by atoms with E-state index < -0.39 is 0 Å². The number of ether oxygens (including phenoxy) is 1. The minimum absolute atomic E-state index is 0.0542. The van der Waals surface area contributed by atoms with Gasteiger partial charge in [0.05, 0.1) is 18.4 Å². The van der Waals surface area contributed by atoms with E-state index in [-0.39, 0.29) is 11.8 Å². The lowest BCUT2D eigenvalue weighted by Gasteiger charge is -2.57. The first kappa shape index (κ1) is 30.2. The van der Waals surface area contributed by atoms with Crippen molar-refractivity contribution < 1.29 is 14.3 Å². The number of carbonyl (C=O) groups excluding carboxylic acids is 2. The number of carbonyl (C=O) groups is 2. The summed E-state index contributed by atoms with van der Waals surface area (Å²) in [6.45, 7) is 5.62. The van der Waals surface area contributed by atoms with Gasteiger partial charge in [-0.3, -0.25) is 19.6 Å². The average molecular weight is 620 g/mol. The van der Waals surface area contributed by atoms with E-state index in [0.717, 1.165) is 29.9 Å². The van der Waals surface area contributed by atoms with Crippen LogP contribution in [0.2, 0.25) is 0 Å². The van der Waals surface area contributed by atoms with Crippen LogP contribution < -0.4 is 9.64 Å². The monoisotopic (exact) mass is 619 g/mol. The molecule has 0 aromatic carbocycles. The van der Waals surface area contributed by atoms with Gasteiger partial charge in [0.1, 0.15) is 5.75 Å². The van der Waals surface area contributed by atoms with E-state index in [4.69, 9.17) is 4.74 Å². The standard InChI is InChI=1S/C36H41N7O3/c1-3-46-31-16-26(21-38-23-31)5-4-25-15-30(22-37-20-25)34(44)43-10-8-42(9-11-43)33-7-6-32(39-40-33)35(45)41(2)24-36-17-27-12-28(18-36)14-29(13-27)19-36/h6-7,15-16,20-23,27-29H,3,8-14,17-19,24H2,1-2H3. The molecule has 10 heteroatoms. The molecule has 4 saturated carbocycles. The SMILES string of the molecule is CCOc1cncc(C#Cc2cncc(C(=O)N3CCN(c4ccc(C(=O)N(C)CC56CC7CC(CC(C7)C5)C6)nn4)CC3)c2)c1. The summed E-state index contributed by atoms with van der Waals surface area (Å²) in [6, 6.07) is 7.28. The lowest BCUT2D eigenvalue weighted by molar-refractivity contribution is -0.0629. The van der Waals surface area contributed by atoms with Crippen molar-refractivity contribution in [2.75, 3.05) is 51.3 Å². The summed E-state index contributed by atoms with van der Waals surface area (Å²) in [5.41, 5.74) is 2.56. The van der Waals surface area contributed by atoms with E-state index >= 15 is 0 Å². The third-order valence-corrected chi connectivity index (χ3v) is 10.2. The molecule has 4 heterocycles. The summed E-state index contributed by atoms with van der Waals surface area (Å²) in [6.07, 6.45) is 14.6. The van der Waals surface area contributed by atoms with E-state index in [0.29, 0.717) is 66.6 Å². The van der Waals surface area contributed by atoms with Crippen molar-refractivity contribution in [1.82, 2.24) is 30.0 Å². The molecule has 5 fully saturated rings. The zero-order valence-electron chi connectivity index (χ0n) is 26.7. The Hall–Kier alpha value is -4.52. The molecule has 4 aliphatic carbocycles. The number of piperazine rings is 1. The van der Waals surface area contributed by atoms with Crippen molar-refractivity contribution in [2.24, 2.45) is 23.2 Å². The van der Waals surface area contributed by atoms with Gasteiger partial charge in [0.15, 0.2) is 11.5 Å². The first-order valence-electron chi connectivity index (χ1n) is 16.5. The molecular weight excluding hydrogens is 578 g/mol. The Morgan fingerprint density at radius 1 is 0.891 bits per heavy atom. The van der Waals surface area contributed by atoms with Crippen molar-refractivity contribution in [2.45, 2.75) is 45.4 Å². The van der Waals surface area contributed by atoms with Crippen molar-refractivity contribution in [3.05, 3.63) is 71.4 Å². The largest absolute Gasteiger partial charge is 0.492 e. The van der Waals surface area contributed by atoms with Crippen LogP contribution in [0.5, 0.6) is 5.75 Å². The third-order valence-electron chi connectivity index (χ3n) is 10.2. The van der Waals surface area contributed by atoms with Crippen LogP contribution in [-0.4, -0.2) is 88.2 Å². The Balaban J connectivity index is 0.927. The highest BCUT2D eigenvalue weighted by Gasteiger charge is 2.51. The minimum atomic E-state index is -0.0788. The predicted octanol–water partition coefficient (Wildman–Crippen LogP) is 4.32. The number of pyridine rings is 2. The fourth-order valence-corrected chi connectivity index (χ4v) is 8.69. The molecule has 3 aromatic heterocycles. The van der Waals surface area contributed by atoms with Crippen molar-refractivity contribution in [3.8, 4) is 17.6 Å². The van der Waals surface area contributed by atoms with Gasteiger partial charge in [-0.25, -0.2) is 0 Å². The number of hydrogen-bond donors (Lipinski definition) is 0. The average Bonchev–Trinajstić information content (AvgIpc) is 3.06. The maximum atomic E-state index is 13.3. The molecule has 3 aromatic rings. The zero-order valence-corrected chi connectivity index (χ0v) is 26.7. The molecule has 46 heavy (non-hydrogen) atoms. The van der Waals surface area contributed by atoms with Crippen molar-refractivity contribution in [1.29, 1.82) is 0 Å². The van der Waals surface area contributed by atoms with Crippen LogP contribution in [0, 0.1) is 35.0 Å². The molecule has 0 unspecified atom stereocenters. The molecular formula is C36H41N7O3. The van der Waals surface area contributed by atoms with Crippen LogP contribution in [0.1, 0.15) is 77.4 Å². The van der Waals surface area contributed by atoms with Gasteiger partial charge in [0, 0.05) is 69.5 Å². The van der Waals surface area contributed by atoms with Gasteiger partial charge < -0.3 is 19.4 Å². The molecule has 4 bridgehead atoms. The summed E-state index contributed by atoms with van der Waals surface area (Å²) in [4.78, 5) is 40.9. The van der Waals surface area contributed by atoms with E-state index in [2.05, 4.69) is 36.9 Å². The predicted molar refractivity (Wildman–Crippen MR) is 173 cm³/mol. The number of nitrogens with zero attached hydrogens (tertiary/aromatic N) is 7. The molecule has 0 N–H and O–H groups in total. The number of anilines is 1. The Morgan fingerprint density at radius 3 is 2.17 bits per heavy atom. The quantitative estimate of drug-likeness (QED) is 0.361. The number of aromatic nitrogens is 4. The Labute approximate surface area is 270 Å². The molecule has 5 aliphatic rings. The van der Waals surface area contributed by atoms with Gasteiger partial charge in [0.2, 0.25) is 0 Å². The normalized spacial score (nSPS) is 24.7. The van der Waals surface area contributed by atoms with Crippen LogP contribution in [0.25, 0.3) is 0 Å². The van der Waals surface area contributed by atoms with Gasteiger partial charge in [0.25, 0.3) is 11.8 Å². The van der Waals surface area contributed by atoms with Gasteiger partial charge in [-0.1, -0.05) is 11.8 Å². The number of amides is 2. The zero-order chi connectivity index (χ0) is 31.7. The molecule has 1 aliphatic heterocycles. The minimum Gasteiger partial charge on any atom is -0.492 e. The highest BCUT2D eigenvalue weighted by atomic mass is 16.5. The third kappa shape index (κ3) is 6.41. The maximum absolute atomic E-state index is 13.3. The van der Waals surface area contributed by atoms with Crippen molar-refractivity contribution in [3.63, 3.8) is 0 Å². The first-order valence-corrected chi connectivity index (χ1v) is 16.5. The van der Waals surface area contributed by atoms with Gasteiger partial charge in [-0.15, -0.1) is 10.2 Å². The molecule has 0 spiro atoms. The van der Waals surface area contributed by atoms with E-state index in [9.17, 15) is 9.59 Å². The van der Waals surface area contributed by atoms with E-state index in [1.807, 2.05) is 35.9 Å². The fourth-order valence-electron chi connectivity index (χ4n) is 8.69. The second kappa shape index (κ2) is 12.7. The van der Waals surface area contributed by atoms with Crippen LogP contribution in [0.15, 0.2) is 49.1 Å². The summed E-state index contributed by atoms with van der Waals surface area (Å²) in [5, 5.41) is 8.76. The van der Waals surface area contributed by atoms with Crippen LogP contribution in [-0.2, 0) is 0 Å². The first-order chi connectivity index (χ1) is 22.4. The van der Waals surface area contributed by atoms with Crippen LogP contribution >= 0.6 is 0 Å². The van der Waals surface area contributed by atoms with Crippen LogP contribution in [0.4, 0.5) is 5.82 Å². The molecule has 8 rings (SSSR count). The molecule has 238 valence electrons. The summed E-state index contributed by atoms with van der Waals surface area (Å²) in [5.74, 6) is 9.99. The topological polar surface area (TPSA) is 105 Å². The molecule has 1 saturated heterocycles. The summed E-state index contributed by atoms with van der Waals surface area (Å²) in [7, 11) is 1.92. The molecule has 0 radical (unpaired) electrons. The molecule has 10 nitrogen and oxygen atoms in total. The highest BCUT2D eigenvalue weighted by Crippen LogP contribution is 2.60. The van der Waals surface area contributed by atoms with Crippen LogP contribution in [0.3, 0.4) is 0 Å². The molecule has 2 amide bonds. The Bertz CT molecular complexity index is 1620. The maximum Gasteiger partial charge on any atom is 0.274 e. The van der Waals surface area contributed by atoms with Gasteiger partial charge >= 0.3 is 0 Å². The Kier molecular flexibility index (Phi) is 8.33. The lowest BCUT2D eigenvalue weighted by Crippen LogP contribution is -2.51. The second-order valence-corrected chi connectivity index (χ2v) is 13.7. The van der Waals surface area contributed by atoms with Gasteiger partial charge in [-0.05, 0) is 92.9 Å². The highest BCUT2D eigenvalue weighted by molar-refractivity contribution is 5.94. The van der Waals surface area contributed by atoms with E-state index in [1.165, 1.54) is 38.5 Å². The number of rotatable bonds is 7. The smallest absolute Gasteiger partial charge is 0.274 e. The Morgan fingerprint density at radius 2 is 1.54 bits per heavy atom. The fraction of sp³-hybridized carbons (Fsp3) is 0.500. The van der Waals surface area contributed by atoms with Gasteiger partial charge in [-0.2, -0.15) is 0 Å². The van der Waals surface area contributed by atoms with E-state index in [1.54, 1.807) is 36.9 Å². The summed E-state index contributed by atoms with van der Waals surface area (Å²) < 4.78 is 5.49. The summed E-state index contributed by atoms with van der Waals surface area (Å²) >= 11 is 0.